The molecule has 0 saturated heterocycles. The molecule has 0 fully saturated rings. The Balaban J connectivity index is 4.38. The summed E-state index contributed by atoms with van der Waals surface area (Å²) in [6.07, 6.45) is 24.9. The molecule has 0 saturated carbocycles. The van der Waals surface area contributed by atoms with E-state index in [2.05, 4.69) is 30.5 Å². The number of hydrogen-bond acceptors (Lipinski definition) is 9. The second-order valence-electron chi connectivity index (χ2n) is 11.9. The summed E-state index contributed by atoms with van der Waals surface area (Å²) in [5.41, 5.74) is 0. The molecule has 0 amide bonds. The summed E-state index contributed by atoms with van der Waals surface area (Å²) in [5, 5.41) is 18.2. The molecule has 0 heterocycles. The highest BCUT2D eigenvalue weighted by molar-refractivity contribution is 7.47. The van der Waals surface area contributed by atoms with E-state index in [-0.39, 0.29) is 19.4 Å². The van der Waals surface area contributed by atoms with Crippen LogP contribution in [0.4, 0.5) is 0 Å². The number of phosphoric acid groups is 1. The first-order valence-electron chi connectivity index (χ1n) is 17.6. The van der Waals surface area contributed by atoms with E-state index >= 15 is 0 Å². The number of allylic oxidation sites excluding steroid dienone is 2. The quantitative estimate of drug-likeness (QED) is 0.0272. The number of ether oxygens (including phenoxy) is 2. The molecule has 3 N–H and O–H groups in total. The standard InChI is InChI=1S/C34H65O10P/c1-3-5-7-9-11-12-13-14-15-16-17-18-20-22-24-26-34(38)44-32(30-43-45(39,40)42-28-31(36)27-35)29-41-33(37)25-23-21-19-10-8-6-4-2/h16-17,31-32,35-36H,3-15,18-30H2,1-2H3,(H,39,40)/b17-16+/t31-,32+/m0/s1. The zero-order valence-corrected chi connectivity index (χ0v) is 29.2. The number of rotatable bonds is 33. The van der Waals surface area contributed by atoms with Crippen LogP contribution >= 0.6 is 7.82 Å². The Bertz CT molecular complexity index is 776. The second kappa shape index (κ2) is 31.3. The summed E-state index contributed by atoms with van der Waals surface area (Å²) in [6, 6.07) is 0. The van der Waals surface area contributed by atoms with Crippen LogP contribution in [0, 0.1) is 0 Å². The van der Waals surface area contributed by atoms with Crippen LogP contribution in [0.15, 0.2) is 12.2 Å². The van der Waals surface area contributed by atoms with Gasteiger partial charge in [0.15, 0.2) is 6.10 Å². The second-order valence-corrected chi connectivity index (χ2v) is 13.4. The molecule has 0 aromatic carbocycles. The van der Waals surface area contributed by atoms with E-state index in [1.807, 2.05) is 0 Å². The van der Waals surface area contributed by atoms with Crippen molar-refractivity contribution in [2.75, 3.05) is 26.4 Å². The van der Waals surface area contributed by atoms with Gasteiger partial charge in [-0.05, 0) is 38.5 Å². The van der Waals surface area contributed by atoms with Crippen LogP contribution in [0.1, 0.15) is 155 Å². The zero-order chi connectivity index (χ0) is 33.4. The molecule has 0 aromatic rings. The molecule has 10 nitrogen and oxygen atoms in total. The van der Waals surface area contributed by atoms with Crippen LogP contribution in [-0.2, 0) is 32.7 Å². The molecule has 3 atom stereocenters. The maximum atomic E-state index is 12.5. The van der Waals surface area contributed by atoms with Gasteiger partial charge in [-0.3, -0.25) is 18.6 Å². The molecule has 0 radical (unpaired) electrons. The third-order valence-electron chi connectivity index (χ3n) is 7.42. The number of aliphatic hydroxyl groups is 2. The van der Waals surface area contributed by atoms with Crippen molar-refractivity contribution < 1.29 is 47.8 Å². The molecule has 0 bridgehead atoms. The number of esters is 2. The van der Waals surface area contributed by atoms with Crippen LogP contribution in [0.25, 0.3) is 0 Å². The molecular formula is C34H65O10P. The van der Waals surface area contributed by atoms with Crippen molar-refractivity contribution >= 4 is 19.8 Å². The summed E-state index contributed by atoms with van der Waals surface area (Å²) in [4.78, 5) is 34.5. The summed E-state index contributed by atoms with van der Waals surface area (Å²) in [6.45, 7) is 2.29. The van der Waals surface area contributed by atoms with E-state index < -0.39 is 51.8 Å². The fourth-order valence-electron chi connectivity index (χ4n) is 4.63. The fourth-order valence-corrected chi connectivity index (χ4v) is 5.42. The summed E-state index contributed by atoms with van der Waals surface area (Å²) in [7, 11) is -4.60. The normalized spacial score (nSPS) is 14.3. The fraction of sp³-hybridized carbons (Fsp3) is 0.882. The van der Waals surface area contributed by atoms with E-state index in [1.54, 1.807) is 0 Å². The number of carbonyl (C=O) groups is 2. The van der Waals surface area contributed by atoms with Crippen molar-refractivity contribution in [2.24, 2.45) is 0 Å². The molecule has 0 rings (SSSR count). The summed E-state index contributed by atoms with van der Waals surface area (Å²) in [5.74, 6) is -0.948. The SMILES string of the molecule is CCCCCCCCCC/C=C/CCCCCC(=O)O[C@H](COC(=O)CCCCCCCCC)COP(=O)(O)OC[C@@H](O)CO. The van der Waals surface area contributed by atoms with Gasteiger partial charge in [-0.15, -0.1) is 0 Å². The first kappa shape index (κ1) is 43.7. The largest absolute Gasteiger partial charge is 0.472 e. The monoisotopic (exact) mass is 664 g/mol. The Kier molecular flexibility index (Phi) is 30.4. The lowest BCUT2D eigenvalue weighted by Crippen LogP contribution is -2.29. The minimum atomic E-state index is -4.60. The molecule has 0 aliphatic carbocycles. The molecule has 11 heteroatoms. The van der Waals surface area contributed by atoms with Gasteiger partial charge in [-0.25, -0.2) is 4.57 Å². The summed E-state index contributed by atoms with van der Waals surface area (Å²) >= 11 is 0. The van der Waals surface area contributed by atoms with Gasteiger partial charge >= 0.3 is 19.8 Å². The highest BCUT2D eigenvalue weighted by atomic mass is 31.2. The third-order valence-corrected chi connectivity index (χ3v) is 8.37. The smallest absolute Gasteiger partial charge is 0.462 e. The first-order chi connectivity index (χ1) is 21.7. The Hall–Kier alpha value is -1.29. The van der Waals surface area contributed by atoms with Crippen molar-refractivity contribution in [3.63, 3.8) is 0 Å². The summed E-state index contributed by atoms with van der Waals surface area (Å²) < 4.78 is 32.4. The van der Waals surface area contributed by atoms with Gasteiger partial charge in [0.1, 0.15) is 12.7 Å². The van der Waals surface area contributed by atoms with E-state index in [9.17, 15) is 24.2 Å². The Morgan fingerprint density at radius 3 is 1.62 bits per heavy atom. The van der Waals surface area contributed by atoms with Gasteiger partial charge in [0, 0.05) is 12.8 Å². The van der Waals surface area contributed by atoms with E-state index in [0.717, 1.165) is 44.9 Å². The molecule has 0 aromatic heterocycles. The minimum absolute atomic E-state index is 0.167. The van der Waals surface area contributed by atoms with Gasteiger partial charge in [0.05, 0.1) is 19.8 Å². The van der Waals surface area contributed by atoms with Gasteiger partial charge < -0.3 is 24.6 Å². The van der Waals surface area contributed by atoms with Crippen molar-refractivity contribution in [3.05, 3.63) is 12.2 Å². The van der Waals surface area contributed by atoms with E-state index in [1.165, 1.54) is 70.6 Å². The van der Waals surface area contributed by atoms with Crippen molar-refractivity contribution in [2.45, 2.75) is 167 Å². The minimum Gasteiger partial charge on any atom is -0.462 e. The number of aliphatic hydroxyl groups excluding tert-OH is 2. The van der Waals surface area contributed by atoms with E-state index in [4.69, 9.17) is 19.1 Å². The number of unbranched alkanes of at least 4 members (excludes halogenated alkanes) is 17. The Labute approximate surface area is 273 Å². The highest BCUT2D eigenvalue weighted by Crippen LogP contribution is 2.43. The maximum absolute atomic E-state index is 12.5. The van der Waals surface area contributed by atoms with Crippen LogP contribution in [0.5, 0.6) is 0 Å². The maximum Gasteiger partial charge on any atom is 0.472 e. The van der Waals surface area contributed by atoms with Crippen LogP contribution in [-0.4, -0.2) is 65.7 Å². The Morgan fingerprint density at radius 2 is 1.09 bits per heavy atom. The van der Waals surface area contributed by atoms with Crippen molar-refractivity contribution in [1.29, 1.82) is 0 Å². The van der Waals surface area contributed by atoms with Gasteiger partial charge in [-0.1, -0.05) is 116 Å². The first-order valence-corrected chi connectivity index (χ1v) is 19.1. The molecule has 45 heavy (non-hydrogen) atoms. The molecule has 0 aliphatic rings. The lowest BCUT2D eigenvalue weighted by atomic mass is 10.1. The lowest BCUT2D eigenvalue weighted by Gasteiger charge is -2.20. The zero-order valence-electron chi connectivity index (χ0n) is 28.3. The highest BCUT2D eigenvalue weighted by Gasteiger charge is 2.27. The molecule has 0 spiro atoms. The van der Waals surface area contributed by atoms with Gasteiger partial charge in [0.2, 0.25) is 0 Å². The number of hydrogen-bond donors (Lipinski definition) is 3. The van der Waals surface area contributed by atoms with Crippen LogP contribution in [0.2, 0.25) is 0 Å². The molecule has 1 unspecified atom stereocenters. The average molecular weight is 665 g/mol. The number of carbonyl (C=O) groups excluding carboxylic acids is 2. The molecule has 266 valence electrons. The van der Waals surface area contributed by atoms with Gasteiger partial charge in [0.25, 0.3) is 0 Å². The average Bonchev–Trinajstić information content (AvgIpc) is 3.02. The van der Waals surface area contributed by atoms with Crippen molar-refractivity contribution in [3.8, 4) is 0 Å². The van der Waals surface area contributed by atoms with Crippen LogP contribution < -0.4 is 0 Å². The Morgan fingerprint density at radius 1 is 0.644 bits per heavy atom. The lowest BCUT2D eigenvalue weighted by molar-refractivity contribution is -0.161. The predicted octanol–water partition coefficient (Wildman–Crippen LogP) is 8.11. The van der Waals surface area contributed by atoms with E-state index in [0.29, 0.717) is 12.8 Å². The molecule has 0 aliphatic heterocycles. The van der Waals surface area contributed by atoms with Crippen molar-refractivity contribution in [1.82, 2.24) is 0 Å². The van der Waals surface area contributed by atoms with Crippen LogP contribution in [0.3, 0.4) is 0 Å². The van der Waals surface area contributed by atoms with Gasteiger partial charge in [-0.2, -0.15) is 0 Å². The predicted molar refractivity (Wildman–Crippen MR) is 178 cm³/mol. The third kappa shape index (κ3) is 31.1. The molecular weight excluding hydrogens is 599 g/mol. The topological polar surface area (TPSA) is 149 Å². The number of phosphoric ester groups is 1.